The summed E-state index contributed by atoms with van der Waals surface area (Å²) >= 11 is 0. The van der Waals surface area contributed by atoms with Crippen LogP contribution in [0.25, 0.3) is 0 Å². The number of phenolic OH excluding ortho intramolecular Hbond substituents is 2. The number of allylic oxidation sites excluding steroid dienone is 1. The van der Waals surface area contributed by atoms with Crippen molar-refractivity contribution in [3.05, 3.63) is 29.3 Å². The summed E-state index contributed by atoms with van der Waals surface area (Å²) in [4.78, 5) is 11.8. The van der Waals surface area contributed by atoms with Gasteiger partial charge in [0.2, 0.25) is 5.75 Å². The Labute approximate surface area is 118 Å². The van der Waals surface area contributed by atoms with Gasteiger partial charge in [0.15, 0.2) is 17.3 Å². The second-order valence-corrected chi connectivity index (χ2v) is 5.77. The third-order valence-corrected chi connectivity index (χ3v) is 3.67. The van der Waals surface area contributed by atoms with Crippen molar-refractivity contribution < 1.29 is 19.7 Å². The summed E-state index contributed by atoms with van der Waals surface area (Å²) in [5, 5.41) is 20.3. The Morgan fingerprint density at radius 2 is 2.05 bits per heavy atom. The molecular formula is C16H20O4. The van der Waals surface area contributed by atoms with Gasteiger partial charge >= 0.3 is 0 Å². The van der Waals surface area contributed by atoms with Gasteiger partial charge in [-0.1, -0.05) is 6.08 Å². The molecule has 0 amide bonds. The van der Waals surface area contributed by atoms with Gasteiger partial charge in [0, 0.05) is 5.56 Å². The monoisotopic (exact) mass is 276 g/mol. The molecule has 1 aliphatic heterocycles. The number of ether oxygens (including phenoxy) is 1. The maximum atomic E-state index is 11.8. The Morgan fingerprint density at radius 3 is 2.60 bits per heavy atom. The van der Waals surface area contributed by atoms with Crippen LogP contribution in [0.2, 0.25) is 0 Å². The van der Waals surface area contributed by atoms with E-state index in [2.05, 4.69) is 6.58 Å². The first kappa shape index (κ1) is 14.4. The Hall–Kier alpha value is -1.97. The summed E-state index contributed by atoms with van der Waals surface area (Å²) < 4.78 is 5.80. The van der Waals surface area contributed by atoms with Crippen molar-refractivity contribution >= 4 is 5.78 Å². The fourth-order valence-electron chi connectivity index (χ4n) is 2.68. The highest BCUT2D eigenvalue weighted by Crippen LogP contribution is 2.48. The van der Waals surface area contributed by atoms with Crippen LogP contribution >= 0.6 is 0 Å². The standard InChI is InChI=1S/C16H20O4/c1-5-6-10-11-7-8-16(3,4)20-15(11)14(19)13(18)12(10)9(2)17/h5,18-19H,1,6-8H2,2-4H3. The number of fused-ring (bicyclic) bond motifs is 1. The molecule has 108 valence electrons. The molecule has 20 heavy (non-hydrogen) atoms. The van der Waals surface area contributed by atoms with E-state index in [-0.39, 0.29) is 17.1 Å². The Morgan fingerprint density at radius 1 is 1.40 bits per heavy atom. The molecule has 4 heteroatoms. The third kappa shape index (κ3) is 2.26. The summed E-state index contributed by atoms with van der Waals surface area (Å²) in [6.45, 7) is 8.92. The molecule has 0 spiro atoms. The lowest BCUT2D eigenvalue weighted by atomic mass is 9.86. The van der Waals surface area contributed by atoms with Crippen LogP contribution in [0.4, 0.5) is 0 Å². The van der Waals surface area contributed by atoms with Crippen LogP contribution in [-0.2, 0) is 12.8 Å². The molecule has 0 aromatic heterocycles. The van der Waals surface area contributed by atoms with Crippen LogP contribution in [0.5, 0.6) is 17.2 Å². The number of carbonyl (C=O) groups excluding carboxylic acids is 1. The first-order valence-corrected chi connectivity index (χ1v) is 6.69. The largest absolute Gasteiger partial charge is 0.504 e. The molecule has 1 heterocycles. The van der Waals surface area contributed by atoms with Gasteiger partial charge in [0.1, 0.15) is 5.60 Å². The van der Waals surface area contributed by atoms with Crippen molar-refractivity contribution in [3.63, 3.8) is 0 Å². The van der Waals surface area contributed by atoms with Crippen molar-refractivity contribution in [1.29, 1.82) is 0 Å². The number of hydrogen-bond acceptors (Lipinski definition) is 4. The van der Waals surface area contributed by atoms with E-state index in [1.165, 1.54) is 6.92 Å². The number of Topliss-reactive ketones (excluding diaryl/α,β-unsaturated/α-hetero) is 1. The molecule has 0 atom stereocenters. The molecule has 2 rings (SSSR count). The zero-order valence-electron chi connectivity index (χ0n) is 12.1. The van der Waals surface area contributed by atoms with E-state index in [1.54, 1.807) is 6.08 Å². The van der Waals surface area contributed by atoms with Crippen molar-refractivity contribution in [2.24, 2.45) is 0 Å². The second-order valence-electron chi connectivity index (χ2n) is 5.77. The van der Waals surface area contributed by atoms with Gasteiger partial charge in [-0.2, -0.15) is 0 Å². The van der Waals surface area contributed by atoms with Gasteiger partial charge in [-0.3, -0.25) is 4.79 Å². The maximum Gasteiger partial charge on any atom is 0.201 e. The summed E-state index contributed by atoms with van der Waals surface area (Å²) in [7, 11) is 0. The van der Waals surface area contributed by atoms with Gasteiger partial charge in [0.25, 0.3) is 0 Å². The highest BCUT2D eigenvalue weighted by molar-refractivity contribution is 6.00. The lowest BCUT2D eigenvalue weighted by molar-refractivity contribution is 0.0794. The van der Waals surface area contributed by atoms with E-state index in [4.69, 9.17) is 4.74 Å². The minimum atomic E-state index is -0.403. The molecule has 1 aromatic rings. The normalized spacial score (nSPS) is 16.1. The molecule has 0 fully saturated rings. The Bertz CT molecular complexity index is 585. The van der Waals surface area contributed by atoms with E-state index >= 15 is 0 Å². The zero-order valence-corrected chi connectivity index (χ0v) is 12.1. The van der Waals surface area contributed by atoms with E-state index < -0.39 is 11.4 Å². The summed E-state index contributed by atoms with van der Waals surface area (Å²) in [5.41, 5.74) is 1.27. The molecular weight excluding hydrogens is 256 g/mol. The number of carbonyl (C=O) groups is 1. The van der Waals surface area contributed by atoms with Gasteiger partial charge in [-0.05, 0) is 45.6 Å². The van der Waals surface area contributed by atoms with E-state index in [0.717, 1.165) is 12.0 Å². The molecule has 0 aliphatic carbocycles. The van der Waals surface area contributed by atoms with Gasteiger partial charge in [-0.25, -0.2) is 0 Å². The van der Waals surface area contributed by atoms with Gasteiger partial charge in [0.05, 0.1) is 5.56 Å². The summed E-state index contributed by atoms with van der Waals surface area (Å²) in [5.74, 6) is -0.723. The van der Waals surface area contributed by atoms with E-state index in [1.807, 2.05) is 13.8 Å². The van der Waals surface area contributed by atoms with Gasteiger partial charge in [-0.15, -0.1) is 6.58 Å². The van der Waals surface area contributed by atoms with E-state index in [0.29, 0.717) is 24.2 Å². The molecule has 0 bridgehead atoms. The van der Waals surface area contributed by atoms with Crippen LogP contribution in [0.3, 0.4) is 0 Å². The smallest absolute Gasteiger partial charge is 0.201 e. The fraction of sp³-hybridized carbons (Fsp3) is 0.438. The highest BCUT2D eigenvalue weighted by Gasteiger charge is 2.34. The molecule has 0 radical (unpaired) electrons. The molecule has 1 aromatic carbocycles. The molecule has 4 nitrogen and oxygen atoms in total. The predicted octanol–water partition coefficient (Wildman–Crippen LogP) is 3.13. The second kappa shape index (κ2) is 4.85. The quantitative estimate of drug-likeness (QED) is 0.505. The number of aromatic hydroxyl groups is 2. The topological polar surface area (TPSA) is 66.8 Å². The van der Waals surface area contributed by atoms with E-state index in [9.17, 15) is 15.0 Å². The van der Waals surface area contributed by atoms with Crippen molar-refractivity contribution in [2.45, 2.75) is 45.6 Å². The van der Waals surface area contributed by atoms with Crippen LogP contribution < -0.4 is 4.74 Å². The lowest BCUT2D eigenvalue weighted by Crippen LogP contribution is -2.33. The first-order valence-electron chi connectivity index (χ1n) is 6.69. The van der Waals surface area contributed by atoms with Crippen LogP contribution in [0.1, 0.15) is 48.7 Å². The molecule has 1 aliphatic rings. The van der Waals surface area contributed by atoms with Crippen molar-refractivity contribution in [3.8, 4) is 17.2 Å². The van der Waals surface area contributed by atoms with Crippen molar-refractivity contribution in [2.75, 3.05) is 0 Å². The average molecular weight is 276 g/mol. The van der Waals surface area contributed by atoms with Gasteiger partial charge < -0.3 is 14.9 Å². The summed E-state index contributed by atoms with van der Waals surface area (Å²) in [6.07, 6.45) is 3.61. The number of rotatable bonds is 3. The molecule has 0 saturated carbocycles. The maximum absolute atomic E-state index is 11.8. The molecule has 2 N–H and O–H groups in total. The zero-order chi connectivity index (χ0) is 15.1. The molecule has 0 unspecified atom stereocenters. The number of hydrogen-bond donors (Lipinski definition) is 2. The number of benzene rings is 1. The highest BCUT2D eigenvalue weighted by atomic mass is 16.5. The predicted molar refractivity (Wildman–Crippen MR) is 76.7 cm³/mol. The van der Waals surface area contributed by atoms with Crippen LogP contribution in [0.15, 0.2) is 12.7 Å². The van der Waals surface area contributed by atoms with Crippen LogP contribution in [-0.4, -0.2) is 21.6 Å². The average Bonchev–Trinajstić information content (AvgIpc) is 2.34. The number of phenols is 2. The van der Waals surface area contributed by atoms with Crippen LogP contribution in [0, 0.1) is 0 Å². The van der Waals surface area contributed by atoms with Crippen molar-refractivity contribution in [1.82, 2.24) is 0 Å². The fourth-order valence-corrected chi connectivity index (χ4v) is 2.68. The Balaban J connectivity index is 2.75. The first-order chi connectivity index (χ1) is 9.28. The minimum Gasteiger partial charge on any atom is -0.504 e. The lowest BCUT2D eigenvalue weighted by Gasteiger charge is -2.34. The minimum absolute atomic E-state index is 0.171. The SMILES string of the molecule is C=CCc1c2c(c(O)c(O)c1C(C)=O)OC(C)(C)CC2. The third-order valence-electron chi connectivity index (χ3n) is 3.67. The molecule has 0 saturated heterocycles. The Kier molecular flexibility index (Phi) is 3.50. The summed E-state index contributed by atoms with van der Waals surface area (Å²) in [6, 6.07) is 0. The number of ketones is 1.